The number of hydrogen-bond donors (Lipinski definition) is 0. The lowest BCUT2D eigenvalue weighted by molar-refractivity contribution is 0.379. The van der Waals surface area contributed by atoms with Crippen LogP contribution >= 0.6 is 0 Å². The predicted molar refractivity (Wildman–Crippen MR) is 95.5 cm³/mol. The van der Waals surface area contributed by atoms with E-state index in [0.717, 1.165) is 11.5 Å². The molecule has 1 fully saturated rings. The summed E-state index contributed by atoms with van der Waals surface area (Å²) in [5.41, 5.74) is 2.35. The van der Waals surface area contributed by atoms with Gasteiger partial charge in [-0.2, -0.15) is 0 Å². The van der Waals surface area contributed by atoms with Crippen LogP contribution in [0.3, 0.4) is 0 Å². The molecule has 0 unspecified atom stereocenters. The molecule has 4 heterocycles. The molecule has 0 N–H and O–H groups in total. The van der Waals surface area contributed by atoms with Crippen LogP contribution in [0.15, 0.2) is 24.8 Å². The van der Waals surface area contributed by atoms with E-state index in [1.165, 1.54) is 12.8 Å². The molecule has 4 aromatic heterocycles. The van der Waals surface area contributed by atoms with Crippen molar-refractivity contribution in [3.63, 3.8) is 0 Å². The van der Waals surface area contributed by atoms with Gasteiger partial charge in [0.05, 0.1) is 37.6 Å². The largest absolute Gasteiger partial charge is 0.491 e. The van der Waals surface area contributed by atoms with E-state index in [-0.39, 0.29) is 0 Å². The van der Waals surface area contributed by atoms with Crippen molar-refractivity contribution >= 4 is 30.4 Å². The van der Waals surface area contributed by atoms with E-state index in [2.05, 4.69) is 19.9 Å². The molecular weight excluding hydrogens is 331 g/mol. The number of rotatable bonds is 4. The third kappa shape index (κ3) is 2.23. The molecule has 128 valence electrons. The summed E-state index contributed by atoms with van der Waals surface area (Å²) in [6.07, 6.45) is 9.25. The van der Waals surface area contributed by atoms with E-state index in [9.17, 15) is 0 Å². The second kappa shape index (κ2) is 5.45. The van der Waals surface area contributed by atoms with E-state index < -0.39 is 0 Å². The van der Waals surface area contributed by atoms with Gasteiger partial charge in [0.2, 0.25) is 0 Å². The van der Waals surface area contributed by atoms with Crippen LogP contribution in [-0.4, -0.2) is 43.9 Å². The number of aryl methyl sites for hydroxylation is 1. The SMILES string of the molecule is [B]c1nc2ncc(Oc3cnc4cnc(C5CC5)n4c3)c(OC)c2n1C. The fourth-order valence-corrected chi connectivity index (χ4v) is 3.12. The Morgan fingerprint density at radius 3 is 2.77 bits per heavy atom. The first kappa shape index (κ1) is 15.2. The van der Waals surface area contributed by atoms with Crippen molar-refractivity contribution in [2.75, 3.05) is 7.11 Å². The summed E-state index contributed by atoms with van der Waals surface area (Å²) in [5, 5.41) is 0. The Kier molecular flexibility index (Phi) is 3.18. The minimum Gasteiger partial charge on any atom is -0.491 e. The molecule has 26 heavy (non-hydrogen) atoms. The molecule has 0 amide bonds. The fourth-order valence-electron chi connectivity index (χ4n) is 3.12. The lowest BCUT2D eigenvalue weighted by Gasteiger charge is -2.12. The van der Waals surface area contributed by atoms with Gasteiger partial charge in [0.1, 0.15) is 11.3 Å². The second-order valence-corrected chi connectivity index (χ2v) is 6.37. The fraction of sp³-hybridized carbons (Fsp3) is 0.294. The molecule has 0 saturated heterocycles. The second-order valence-electron chi connectivity index (χ2n) is 6.37. The highest BCUT2D eigenvalue weighted by atomic mass is 16.5. The van der Waals surface area contributed by atoms with Gasteiger partial charge in [-0.1, -0.05) is 0 Å². The third-order valence-electron chi connectivity index (χ3n) is 4.62. The van der Waals surface area contributed by atoms with Gasteiger partial charge in [0.15, 0.2) is 36.4 Å². The average Bonchev–Trinajstić information content (AvgIpc) is 3.34. The Bertz CT molecular complexity index is 1150. The first-order valence-corrected chi connectivity index (χ1v) is 8.31. The van der Waals surface area contributed by atoms with Gasteiger partial charge in [0, 0.05) is 13.0 Å². The van der Waals surface area contributed by atoms with Crippen LogP contribution in [0, 0.1) is 0 Å². The van der Waals surface area contributed by atoms with Gasteiger partial charge in [0.25, 0.3) is 0 Å². The van der Waals surface area contributed by atoms with Gasteiger partial charge in [-0.05, 0) is 12.8 Å². The van der Waals surface area contributed by atoms with Crippen molar-refractivity contribution in [3.8, 4) is 17.2 Å². The summed E-state index contributed by atoms with van der Waals surface area (Å²) in [6, 6.07) is 0. The molecule has 0 aliphatic heterocycles. The number of nitrogens with zero attached hydrogens (tertiary/aromatic N) is 6. The molecule has 2 radical (unpaired) electrons. The minimum atomic E-state index is 0.360. The maximum Gasteiger partial charge on any atom is 0.190 e. The van der Waals surface area contributed by atoms with Gasteiger partial charge in [-0.3, -0.25) is 4.40 Å². The van der Waals surface area contributed by atoms with Crippen LogP contribution in [0.25, 0.3) is 16.8 Å². The molecule has 0 atom stereocenters. The zero-order valence-corrected chi connectivity index (χ0v) is 14.4. The molecule has 0 aromatic carbocycles. The van der Waals surface area contributed by atoms with Crippen LogP contribution in [0.4, 0.5) is 0 Å². The quantitative estimate of drug-likeness (QED) is 0.521. The van der Waals surface area contributed by atoms with Crippen molar-refractivity contribution in [2.24, 2.45) is 7.05 Å². The molecule has 0 spiro atoms. The van der Waals surface area contributed by atoms with Crippen molar-refractivity contribution < 1.29 is 9.47 Å². The Hall–Kier alpha value is -3.10. The maximum absolute atomic E-state index is 6.02. The summed E-state index contributed by atoms with van der Waals surface area (Å²) in [7, 11) is 9.26. The highest BCUT2D eigenvalue weighted by Crippen LogP contribution is 2.40. The van der Waals surface area contributed by atoms with Gasteiger partial charge in [-0.25, -0.2) is 19.9 Å². The Labute approximate surface area is 150 Å². The highest BCUT2D eigenvalue weighted by molar-refractivity contribution is 6.30. The first-order chi connectivity index (χ1) is 12.7. The smallest absolute Gasteiger partial charge is 0.190 e. The predicted octanol–water partition coefficient (Wildman–Crippen LogP) is 1.48. The van der Waals surface area contributed by atoms with Crippen molar-refractivity contribution in [3.05, 3.63) is 30.6 Å². The van der Waals surface area contributed by atoms with E-state index in [1.807, 2.05) is 10.6 Å². The number of ether oxygens (including phenoxy) is 2. The molecule has 4 aromatic rings. The number of pyridine rings is 1. The van der Waals surface area contributed by atoms with E-state index in [1.54, 1.807) is 37.3 Å². The molecule has 5 rings (SSSR count). The van der Waals surface area contributed by atoms with Crippen LogP contribution in [0.2, 0.25) is 0 Å². The van der Waals surface area contributed by atoms with E-state index >= 15 is 0 Å². The molecule has 9 heteroatoms. The Balaban J connectivity index is 1.59. The molecule has 0 bridgehead atoms. The monoisotopic (exact) mass is 346 g/mol. The van der Waals surface area contributed by atoms with Crippen LogP contribution in [-0.2, 0) is 7.05 Å². The highest BCUT2D eigenvalue weighted by Gasteiger charge is 2.28. The molecular formula is C17H15BN6O2. The lowest BCUT2D eigenvalue weighted by atomic mass is 10.1. The average molecular weight is 346 g/mol. The standard InChI is InChI=1S/C17H15BN6O2/c1-23-13-14(25-2)11(6-20-15(13)22-17(23)18)26-10-5-19-12-7-21-16(9-3-4-9)24(12)8-10/h5-9H,3-4H2,1-2H3. The minimum absolute atomic E-state index is 0.360. The molecule has 1 aliphatic rings. The summed E-state index contributed by atoms with van der Waals surface area (Å²) < 4.78 is 15.3. The lowest BCUT2D eigenvalue weighted by Crippen LogP contribution is -2.15. The third-order valence-corrected chi connectivity index (χ3v) is 4.62. The number of imidazole rings is 2. The molecule has 1 saturated carbocycles. The number of methoxy groups -OCH3 is 1. The summed E-state index contributed by atoms with van der Waals surface area (Å²) in [5.74, 6) is 3.11. The topological polar surface area (TPSA) is 79.4 Å². The number of fused-ring (bicyclic) bond motifs is 2. The zero-order chi connectivity index (χ0) is 17.8. The Morgan fingerprint density at radius 2 is 2.00 bits per heavy atom. The summed E-state index contributed by atoms with van der Waals surface area (Å²) in [6.45, 7) is 0. The van der Waals surface area contributed by atoms with Gasteiger partial charge in [-0.15, -0.1) is 0 Å². The number of hydrogen-bond acceptors (Lipinski definition) is 6. The zero-order valence-electron chi connectivity index (χ0n) is 14.4. The van der Waals surface area contributed by atoms with Crippen LogP contribution in [0.5, 0.6) is 17.2 Å². The summed E-state index contributed by atoms with van der Waals surface area (Å²) >= 11 is 0. The normalized spacial score (nSPS) is 14.2. The van der Waals surface area contributed by atoms with Crippen LogP contribution in [0.1, 0.15) is 24.6 Å². The van der Waals surface area contributed by atoms with Crippen molar-refractivity contribution in [2.45, 2.75) is 18.8 Å². The van der Waals surface area contributed by atoms with Crippen molar-refractivity contribution in [1.82, 2.24) is 28.9 Å². The van der Waals surface area contributed by atoms with Gasteiger partial charge >= 0.3 is 0 Å². The van der Waals surface area contributed by atoms with E-state index in [0.29, 0.717) is 40.1 Å². The Morgan fingerprint density at radius 1 is 1.15 bits per heavy atom. The first-order valence-electron chi connectivity index (χ1n) is 8.31. The maximum atomic E-state index is 6.02. The van der Waals surface area contributed by atoms with E-state index in [4.69, 9.17) is 17.3 Å². The van der Waals surface area contributed by atoms with Crippen molar-refractivity contribution in [1.29, 1.82) is 0 Å². The number of aromatic nitrogens is 6. The molecule has 1 aliphatic carbocycles. The molecule has 8 nitrogen and oxygen atoms in total. The van der Waals surface area contributed by atoms with Gasteiger partial charge < -0.3 is 14.0 Å². The van der Waals surface area contributed by atoms with Crippen LogP contribution < -0.4 is 15.2 Å². The summed E-state index contributed by atoms with van der Waals surface area (Å²) in [4.78, 5) is 17.4.